The topological polar surface area (TPSA) is 42.2 Å². The van der Waals surface area contributed by atoms with Gasteiger partial charge in [-0.15, -0.1) is 0 Å². The Morgan fingerprint density at radius 2 is 2.00 bits per heavy atom. The van der Waals surface area contributed by atoms with Crippen LogP contribution in [0.25, 0.3) is 0 Å². The van der Waals surface area contributed by atoms with E-state index in [2.05, 4.69) is 4.74 Å². The molecule has 0 aliphatic carbocycles. The summed E-state index contributed by atoms with van der Waals surface area (Å²) < 4.78 is 47.2. The van der Waals surface area contributed by atoms with Gasteiger partial charge in [0, 0.05) is 12.7 Å². The molecule has 1 aromatic carbocycles. The molecule has 0 radical (unpaired) electrons. The molecule has 0 saturated heterocycles. The van der Waals surface area contributed by atoms with Crippen LogP contribution < -0.4 is 61.6 Å². The van der Waals surface area contributed by atoms with Crippen LogP contribution in [0.1, 0.15) is 5.56 Å². The molecule has 0 N–H and O–H groups in total. The maximum atomic E-state index is 12.6. The number of hydrogen-bond acceptors (Lipinski definition) is 3. The first kappa shape index (κ1) is 17.0. The number of nitriles is 1. The van der Waals surface area contributed by atoms with Gasteiger partial charge in [-0.05, 0) is 12.1 Å². The van der Waals surface area contributed by atoms with E-state index >= 15 is 0 Å². The summed E-state index contributed by atoms with van der Waals surface area (Å²) in [4.78, 5) is 0. The van der Waals surface area contributed by atoms with Crippen molar-refractivity contribution in [1.82, 2.24) is 0 Å². The minimum Gasteiger partial charge on any atom is -0.471 e. The van der Waals surface area contributed by atoms with E-state index in [4.69, 9.17) is 10.00 Å². The minimum atomic E-state index is -5.21. The number of nitrogens with zero attached hydrogens (tertiary/aromatic N) is 1. The molecule has 1 rings (SSSR count). The van der Waals surface area contributed by atoms with Gasteiger partial charge in [0.25, 0.3) is 0 Å². The molecule has 0 aliphatic heterocycles. The maximum Gasteiger partial charge on any atom is 1.00 e. The first-order valence-corrected chi connectivity index (χ1v) is 4.34. The summed E-state index contributed by atoms with van der Waals surface area (Å²) in [6.07, 6.45) is 0. The molecule has 0 unspecified atom stereocenters. The summed E-state index contributed by atoms with van der Waals surface area (Å²) in [5.41, 5.74) is -0.977. The number of methoxy groups -OCH3 is 1. The summed E-state index contributed by atoms with van der Waals surface area (Å²) in [5, 5.41) is 8.52. The van der Waals surface area contributed by atoms with Gasteiger partial charge in [0.2, 0.25) is 0 Å². The van der Waals surface area contributed by atoms with Crippen LogP contribution in [-0.2, 0) is 4.74 Å². The van der Waals surface area contributed by atoms with Crippen molar-refractivity contribution in [2.75, 3.05) is 13.9 Å². The van der Waals surface area contributed by atoms with Crippen LogP contribution in [0.15, 0.2) is 18.2 Å². The molecular weight excluding hydrogens is 261 g/mol. The Labute approximate surface area is 139 Å². The van der Waals surface area contributed by atoms with E-state index in [0.717, 1.165) is 12.1 Å². The molecule has 17 heavy (non-hydrogen) atoms. The minimum absolute atomic E-state index is 0. The summed E-state index contributed by atoms with van der Waals surface area (Å²) in [6, 6.07) is 4.79. The van der Waals surface area contributed by atoms with Gasteiger partial charge in [0.15, 0.2) is 6.79 Å². The normalized spacial score (nSPS) is 10.3. The van der Waals surface area contributed by atoms with Crippen LogP contribution in [0, 0.1) is 11.3 Å². The van der Waals surface area contributed by atoms with E-state index in [0.29, 0.717) is 0 Å². The molecule has 1 aromatic rings. The third kappa shape index (κ3) is 4.99. The SMILES string of the molecule is COCOc1ccc(C#N)cc1[B-](F)(F)F.[K+]. The van der Waals surface area contributed by atoms with Crippen LogP contribution in [0.5, 0.6) is 5.75 Å². The van der Waals surface area contributed by atoms with Crippen molar-refractivity contribution in [2.24, 2.45) is 0 Å². The predicted molar refractivity (Wildman–Crippen MR) is 52.4 cm³/mol. The number of benzene rings is 1. The van der Waals surface area contributed by atoms with Crippen LogP contribution in [-0.4, -0.2) is 20.9 Å². The molecule has 0 fully saturated rings. The van der Waals surface area contributed by atoms with E-state index < -0.39 is 12.4 Å². The Bertz CT molecular complexity index is 420. The molecule has 0 spiro atoms. The third-order valence-electron chi connectivity index (χ3n) is 1.82. The molecule has 0 bridgehead atoms. The van der Waals surface area contributed by atoms with Crippen molar-refractivity contribution in [3.05, 3.63) is 23.8 Å². The van der Waals surface area contributed by atoms with Gasteiger partial charge in [0.05, 0.1) is 11.8 Å². The van der Waals surface area contributed by atoms with Gasteiger partial charge in [-0.2, -0.15) is 5.26 Å². The summed E-state index contributed by atoms with van der Waals surface area (Å²) in [5.74, 6) is -0.326. The van der Waals surface area contributed by atoms with Crippen LogP contribution >= 0.6 is 0 Å². The van der Waals surface area contributed by atoms with Gasteiger partial charge >= 0.3 is 58.4 Å². The Kier molecular flexibility index (Phi) is 7.39. The summed E-state index contributed by atoms with van der Waals surface area (Å²) in [7, 11) is 1.31. The number of hydrogen-bond donors (Lipinski definition) is 0. The second-order valence-electron chi connectivity index (χ2n) is 2.99. The van der Waals surface area contributed by atoms with Crippen LogP contribution in [0.2, 0.25) is 0 Å². The van der Waals surface area contributed by atoms with Crippen molar-refractivity contribution >= 4 is 12.4 Å². The van der Waals surface area contributed by atoms with Crippen molar-refractivity contribution < 1.29 is 73.8 Å². The molecule has 0 saturated carbocycles. The van der Waals surface area contributed by atoms with E-state index in [9.17, 15) is 12.9 Å². The zero-order valence-electron chi connectivity index (χ0n) is 9.41. The predicted octanol–water partition coefficient (Wildman–Crippen LogP) is -1.40. The Balaban J connectivity index is 0.00000256. The van der Waals surface area contributed by atoms with E-state index in [1.807, 2.05) is 0 Å². The summed E-state index contributed by atoms with van der Waals surface area (Å²) >= 11 is 0. The molecular formula is C9H8BF3KNO2. The molecule has 3 nitrogen and oxygen atoms in total. The molecule has 0 atom stereocenters. The molecule has 0 heterocycles. The smallest absolute Gasteiger partial charge is 0.471 e. The van der Waals surface area contributed by atoms with E-state index in [1.54, 1.807) is 6.07 Å². The van der Waals surface area contributed by atoms with Gasteiger partial charge in [-0.25, -0.2) is 0 Å². The Hall–Kier alpha value is -0.0387. The molecule has 0 aromatic heterocycles. The van der Waals surface area contributed by atoms with Crippen molar-refractivity contribution in [2.45, 2.75) is 0 Å². The van der Waals surface area contributed by atoms with Crippen LogP contribution in [0.3, 0.4) is 0 Å². The Morgan fingerprint density at radius 1 is 1.35 bits per heavy atom. The van der Waals surface area contributed by atoms with Crippen molar-refractivity contribution in [3.63, 3.8) is 0 Å². The monoisotopic (exact) mass is 269 g/mol. The summed E-state index contributed by atoms with van der Waals surface area (Å²) in [6.45, 7) is -5.48. The second-order valence-corrected chi connectivity index (χ2v) is 2.99. The van der Waals surface area contributed by atoms with Gasteiger partial charge in [-0.3, -0.25) is 0 Å². The van der Waals surface area contributed by atoms with Gasteiger partial charge in [0.1, 0.15) is 0 Å². The average Bonchev–Trinajstić information content (AvgIpc) is 2.25. The second kappa shape index (κ2) is 7.41. The third-order valence-corrected chi connectivity index (χ3v) is 1.82. The Morgan fingerprint density at radius 3 is 2.47 bits per heavy atom. The van der Waals surface area contributed by atoms with Crippen molar-refractivity contribution in [1.29, 1.82) is 5.26 Å². The first-order valence-electron chi connectivity index (χ1n) is 4.34. The molecule has 0 aliphatic rings. The number of ether oxygens (including phenoxy) is 2. The van der Waals surface area contributed by atoms with Crippen molar-refractivity contribution in [3.8, 4) is 11.8 Å². The maximum absolute atomic E-state index is 12.6. The van der Waals surface area contributed by atoms with Crippen LogP contribution in [0.4, 0.5) is 12.9 Å². The molecule has 8 heteroatoms. The number of halogens is 3. The van der Waals surface area contributed by atoms with Gasteiger partial charge in [-0.1, -0.05) is 11.5 Å². The number of rotatable bonds is 4. The molecule has 0 amide bonds. The van der Waals surface area contributed by atoms with E-state index in [-0.39, 0.29) is 69.5 Å². The standard InChI is InChI=1S/C9H8BF3NO2.K/c1-15-6-16-9-3-2-7(5-14)4-8(9)10(11,12)13;/h2-4H,6H2,1H3;/q-1;+1. The molecule has 86 valence electrons. The van der Waals surface area contributed by atoms with Gasteiger partial charge < -0.3 is 22.4 Å². The average molecular weight is 269 g/mol. The zero-order valence-corrected chi connectivity index (χ0v) is 12.5. The fourth-order valence-corrected chi connectivity index (χ4v) is 1.13. The fraction of sp³-hybridized carbons (Fsp3) is 0.222. The fourth-order valence-electron chi connectivity index (χ4n) is 1.13. The largest absolute Gasteiger partial charge is 1.00 e. The quantitative estimate of drug-likeness (QED) is 0.498. The first-order chi connectivity index (χ1) is 7.49. The zero-order chi connectivity index (χ0) is 12.2. The van der Waals surface area contributed by atoms with E-state index in [1.165, 1.54) is 13.2 Å².